The second-order valence-corrected chi connectivity index (χ2v) is 3.38. The minimum Gasteiger partial charge on any atom is -0.481 e. The van der Waals surface area contributed by atoms with Gasteiger partial charge in [0.25, 0.3) is 5.91 Å². The fourth-order valence-electron chi connectivity index (χ4n) is 1.24. The van der Waals surface area contributed by atoms with Crippen LogP contribution >= 0.6 is 0 Å². The van der Waals surface area contributed by atoms with E-state index in [1.165, 1.54) is 13.3 Å². The Morgan fingerprint density at radius 2 is 2.29 bits per heavy atom. The van der Waals surface area contributed by atoms with Crippen LogP contribution in [0.2, 0.25) is 0 Å². The van der Waals surface area contributed by atoms with E-state index in [4.69, 9.17) is 9.26 Å². The number of anilines is 1. The van der Waals surface area contributed by atoms with E-state index >= 15 is 0 Å². The van der Waals surface area contributed by atoms with Gasteiger partial charge in [0.15, 0.2) is 0 Å². The summed E-state index contributed by atoms with van der Waals surface area (Å²) in [6.45, 7) is 1.75. The van der Waals surface area contributed by atoms with Gasteiger partial charge in [-0.05, 0) is 13.0 Å². The number of amides is 1. The van der Waals surface area contributed by atoms with Crippen molar-refractivity contribution in [3.05, 3.63) is 35.9 Å². The minimum atomic E-state index is -0.363. The average molecular weight is 233 g/mol. The lowest BCUT2D eigenvalue weighted by Gasteiger charge is -2.02. The molecule has 6 nitrogen and oxygen atoms in total. The molecule has 0 radical (unpaired) electrons. The number of pyridine rings is 1. The predicted molar refractivity (Wildman–Crippen MR) is 60.0 cm³/mol. The van der Waals surface area contributed by atoms with E-state index < -0.39 is 0 Å². The molecular formula is C11H11N3O3. The van der Waals surface area contributed by atoms with Crippen molar-refractivity contribution in [3.63, 3.8) is 0 Å². The zero-order chi connectivity index (χ0) is 12.3. The zero-order valence-electron chi connectivity index (χ0n) is 9.43. The molecule has 1 amide bonds. The fourth-order valence-corrected chi connectivity index (χ4v) is 1.24. The number of rotatable bonds is 3. The normalized spacial score (nSPS) is 10.0. The van der Waals surface area contributed by atoms with Crippen molar-refractivity contribution >= 4 is 11.6 Å². The molecule has 0 unspecified atom stereocenters. The number of carbonyl (C=O) groups excluding carboxylic acids is 1. The van der Waals surface area contributed by atoms with Gasteiger partial charge in [0.05, 0.1) is 24.7 Å². The van der Waals surface area contributed by atoms with Gasteiger partial charge >= 0.3 is 0 Å². The van der Waals surface area contributed by atoms with E-state index in [9.17, 15) is 4.79 Å². The van der Waals surface area contributed by atoms with Crippen molar-refractivity contribution in [2.45, 2.75) is 6.92 Å². The minimum absolute atomic E-state index is 0.165. The Hall–Kier alpha value is -2.37. The molecule has 1 N–H and O–H groups in total. The lowest BCUT2D eigenvalue weighted by molar-refractivity contribution is 0.0988. The molecule has 2 heterocycles. The summed E-state index contributed by atoms with van der Waals surface area (Å²) in [5.41, 5.74) is 1.22. The molecule has 0 spiro atoms. The van der Waals surface area contributed by atoms with Crippen LogP contribution < -0.4 is 10.1 Å². The van der Waals surface area contributed by atoms with Crippen LogP contribution in [0.15, 0.2) is 28.9 Å². The van der Waals surface area contributed by atoms with Crippen LogP contribution in [-0.4, -0.2) is 23.2 Å². The Kier molecular flexibility index (Phi) is 3.04. The van der Waals surface area contributed by atoms with Gasteiger partial charge in [-0.2, -0.15) is 0 Å². The summed E-state index contributed by atoms with van der Waals surface area (Å²) in [7, 11) is 1.53. The highest BCUT2D eigenvalue weighted by molar-refractivity contribution is 6.02. The Morgan fingerprint density at radius 3 is 2.82 bits per heavy atom. The van der Waals surface area contributed by atoms with Crippen molar-refractivity contribution in [1.82, 2.24) is 10.1 Å². The van der Waals surface area contributed by atoms with Gasteiger partial charge in [-0.1, -0.05) is 5.16 Å². The van der Waals surface area contributed by atoms with Crippen molar-refractivity contribution in [2.75, 3.05) is 12.4 Å². The van der Waals surface area contributed by atoms with Crippen molar-refractivity contribution in [2.24, 2.45) is 0 Å². The molecule has 0 saturated carbocycles. The van der Waals surface area contributed by atoms with Crippen molar-refractivity contribution in [1.29, 1.82) is 0 Å². The summed E-state index contributed by atoms with van der Waals surface area (Å²) in [6, 6.07) is 4.90. The second-order valence-electron chi connectivity index (χ2n) is 3.38. The molecule has 0 aliphatic heterocycles. The van der Waals surface area contributed by atoms with Gasteiger partial charge in [-0.25, -0.2) is 4.98 Å². The first-order chi connectivity index (χ1) is 8.19. The molecule has 17 heavy (non-hydrogen) atoms. The van der Waals surface area contributed by atoms with Crippen LogP contribution in [0.25, 0.3) is 0 Å². The van der Waals surface area contributed by atoms with Crippen molar-refractivity contribution in [3.8, 4) is 5.88 Å². The third-order valence-corrected chi connectivity index (χ3v) is 2.06. The molecule has 0 aromatic carbocycles. The Labute approximate surface area is 97.6 Å². The highest BCUT2D eigenvalue weighted by Crippen LogP contribution is 2.12. The van der Waals surface area contributed by atoms with Gasteiger partial charge in [0.2, 0.25) is 11.6 Å². The van der Waals surface area contributed by atoms with E-state index in [2.05, 4.69) is 15.5 Å². The Bertz CT molecular complexity index is 519. The SMILES string of the molecule is COc1ccc(NC(=O)c2cc(C)no2)cn1. The molecule has 2 rings (SSSR count). The number of methoxy groups -OCH3 is 1. The molecule has 0 saturated heterocycles. The number of nitrogens with zero attached hydrogens (tertiary/aromatic N) is 2. The number of carbonyl (C=O) groups is 1. The summed E-state index contributed by atoms with van der Waals surface area (Å²) in [5, 5.41) is 6.27. The molecule has 0 fully saturated rings. The molecule has 88 valence electrons. The Morgan fingerprint density at radius 1 is 1.47 bits per heavy atom. The summed E-state index contributed by atoms with van der Waals surface area (Å²) in [5.74, 6) is 0.286. The molecule has 0 aliphatic carbocycles. The van der Waals surface area contributed by atoms with Crippen LogP contribution in [0.5, 0.6) is 5.88 Å². The van der Waals surface area contributed by atoms with Gasteiger partial charge < -0.3 is 14.6 Å². The van der Waals surface area contributed by atoms with Crippen LogP contribution in [0.4, 0.5) is 5.69 Å². The maximum absolute atomic E-state index is 11.7. The molecule has 6 heteroatoms. The van der Waals surface area contributed by atoms with Crippen LogP contribution in [0, 0.1) is 6.92 Å². The van der Waals surface area contributed by atoms with E-state index in [1.807, 2.05) is 0 Å². The Balaban J connectivity index is 2.07. The van der Waals surface area contributed by atoms with Gasteiger partial charge in [-0.15, -0.1) is 0 Å². The smallest absolute Gasteiger partial charge is 0.294 e. The first-order valence-electron chi connectivity index (χ1n) is 4.94. The monoisotopic (exact) mass is 233 g/mol. The van der Waals surface area contributed by atoms with Crippen LogP contribution in [0.1, 0.15) is 16.2 Å². The maximum atomic E-state index is 11.7. The number of nitrogens with one attached hydrogen (secondary N) is 1. The third kappa shape index (κ3) is 2.60. The summed E-state index contributed by atoms with van der Waals surface area (Å²) < 4.78 is 9.75. The first-order valence-corrected chi connectivity index (χ1v) is 4.94. The standard InChI is InChI=1S/C11H11N3O3/c1-7-5-9(17-14-7)11(15)13-8-3-4-10(16-2)12-6-8/h3-6H,1-2H3,(H,13,15). The molecule has 0 atom stereocenters. The zero-order valence-corrected chi connectivity index (χ0v) is 9.43. The largest absolute Gasteiger partial charge is 0.481 e. The summed E-state index contributed by atoms with van der Waals surface area (Å²) in [6.07, 6.45) is 1.50. The quantitative estimate of drug-likeness (QED) is 0.871. The lowest BCUT2D eigenvalue weighted by Crippen LogP contribution is -2.11. The number of ether oxygens (including phenoxy) is 1. The number of aryl methyl sites for hydroxylation is 1. The first kappa shape index (κ1) is 11.1. The number of hydrogen-bond donors (Lipinski definition) is 1. The molecule has 0 bridgehead atoms. The fraction of sp³-hybridized carbons (Fsp3) is 0.182. The number of aromatic nitrogens is 2. The highest BCUT2D eigenvalue weighted by Gasteiger charge is 2.11. The van der Waals surface area contributed by atoms with Gasteiger partial charge in [0, 0.05) is 12.1 Å². The number of hydrogen-bond acceptors (Lipinski definition) is 5. The van der Waals surface area contributed by atoms with E-state index in [0.29, 0.717) is 17.3 Å². The van der Waals surface area contributed by atoms with E-state index in [0.717, 1.165) is 0 Å². The predicted octanol–water partition coefficient (Wildman–Crippen LogP) is 1.64. The molecule has 2 aromatic heterocycles. The topological polar surface area (TPSA) is 77.2 Å². The van der Waals surface area contributed by atoms with Gasteiger partial charge in [-0.3, -0.25) is 4.79 Å². The third-order valence-electron chi connectivity index (χ3n) is 2.06. The average Bonchev–Trinajstić information content (AvgIpc) is 2.77. The van der Waals surface area contributed by atoms with E-state index in [-0.39, 0.29) is 11.7 Å². The molecule has 2 aromatic rings. The van der Waals surface area contributed by atoms with Crippen LogP contribution in [0.3, 0.4) is 0 Å². The maximum Gasteiger partial charge on any atom is 0.294 e. The van der Waals surface area contributed by atoms with E-state index in [1.54, 1.807) is 25.1 Å². The second kappa shape index (κ2) is 4.65. The van der Waals surface area contributed by atoms with Crippen LogP contribution in [-0.2, 0) is 0 Å². The summed E-state index contributed by atoms with van der Waals surface area (Å²) >= 11 is 0. The molecule has 0 aliphatic rings. The highest BCUT2D eigenvalue weighted by atomic mass is 16.5. The molecular weight excluding hydrogens is 222 g/mol. The lowest BCUT2D eigenvalue weighted by atomic mass is 10.3. The van der Waals surface area contributed by atoms with Gasteiger partial charge in [0.1, 0.15) is 0 Å². The summed E-state index contributed by atoms with van der Waals surface area (Å²) in [4.78, 5) is 15.6. The van der Waals surface area contributed by atoms with Crippen molar-refractivity contribution < 1.29 is 14.1 Å².